The molecule has 0 N–H and O–H groups in total. The molecule has 1 saturated heterocycles. The number of imidazole rings is 1. The van der Waals surface area contributed by atoms with Gasteiger partial charge in [-0.3, -0.25) is 0 Å². The second-order valence-corrected chi connectivity index (χ2v) is 6.58. The van der Waals surface area contributed by atoms with E-state index in [1.165, 1.54) is 12.8 Å². The predicted molar refractivity (Wildman–Crippen MR) is 80.0 cm³/mol. The van der Waals surface area contributed by atoms with E-state index in [-0.39, 0.29) is 6.10 Å². The van der Waals surface area contributed by atoms with E-state index < -0.39 is 0 Å². The van der Waals surface area contributed by atoms with Crippen LogP contribution in [0.15, 0.2) is 22.9 Å². The smallest absolute Gasteiger partial charge is 0.154 e. The zero-order valence-corrected chi connectivity index (χ0v) is 13.0. The first kappa shape index (κ1) is 12.6. The Bertz CT molecular complexity index is 639. The molecule has 0 bridgehead atoms. The molecule has 0 amide bonds. The number of hydrogen-bond acceptors (Lipinski definition) is 4. The Morgan fingerprint density at radius 1 is 1.30 bits per heavy atom. The first-order chi connectivity index (χ1) is 9.70. The lowest BCUT2D eigenvalue weighted by molar-refractivity contribution is -0.0274. The molecule has 5 nitrogen and oxygen atoms in total. The van der Waals surface area contributed by atoms with Crippen molar-refractivity contribution in [2.75, 3.05) is 18.0 Å². The van der Waals surface area contributed by atoms with Gasteiger partial charge in [-0.15, -0.1) is 5.10 Å². The summed E-state index contributed by atoms with van der Waals surface area (Å²) in [4.78, 5) is 6.62. The summed E-state index contributed by atoms with van der Waals surface area (Å²) in [5.41, 5.74) is 0.862. The van der Waals surface area contributed by atoms with E-state index in [1.54, 1.807) is 6.20 Å². The summed E-state index contributed by atoms with van der Waals surface area (Å²) >= 11 is 3.48. The lowest BCUT2D eigenvalue weighted by Gasteiger charge is -2.37. The first-order valence-corrected chi connectivity index (χ1v) is 7.91. The van der Waals surface area contributed by atoms with Crippen molar-refractivity contribution >= 4 is 27.4 Å². The zero-order chi connectivity index (χ0) is 13.7. The Labute approximate surface area is 126 Å². The van der Waals surface area contributed by atoms with E-state index in [4.69, 9.17) is 4.74 Å². The minimum atomic E-state index is 0.262. The summed E-state index contributed by atoms with van der Waals surface area (Å²) in [7, 11) is 0. The molecule has 6 heteroatoms. The largest absolute Gasteiger partial charge is 0.371 e. The maximum atomic E-state index is 6.06. The molecule has 2 fully saturated rings. The van der Waals surface area contributed by atoms with Crippen molar-refractivity contribution in [3.05, 3.63) is 22.9 Å². The number of fused-ring (bicyclic) bond motifs is 1. The maximum Gasteiger partial charge on any atom is 0.154 e. The minimum Gasteiger partial charge on any atom is -0.371 e. The highest BCUT2D eigenvalue weighted by Gasteiger charge is 2.37. The van der Waals surface area contributed by atoms with Gasteiger partial charge in [-0.25, -0.2) is 9.50 Å². The van der Waals surface area contributed by atoms with Crippen LogP contribution in [-0.2, 0) is 4.74 Å². The summed E-state index contributed by atoms with van der Waals surface area (Å²) in [6, 6.07) is 4.07. The van der Waals surface area contributed by atoms with Crippen molar-refractivity contribution in [3.63, 3.8) is 0 Å². The summed E-state index contributed by atoms with van der Waals surface area (Å²) in [5, 5.41) is 4.68. The second-order valence-electron chi connectivity index (χ2n) is 5.77. The second kappa shape index (κ2) is 4.70. The van der Waals surface area contributed by atoms with Crippen LogP contribution < -0.4 is 4.90 Å². The van der Waals surface area contributed by atoms with Gasteiger partial charge in [-0.2, -0.15) is 0 Å². The summed E-state index contributed by atoms with van der Waals surface area (Å²) in [5.74, 6) is 1.75. The molecule has 3 heterocycles. The average Bonchev–Trinajstić information content (AvgIpc) is 3.23. The van der Waals surface area contributed by atoms with Crippen LogP contribution in [0.25, 0.3) is 5.65 Å². The molecule has 4 rings (SSSR count). The van der Waals surface area contributed by atoms with Gasteiger partial charge in [0.2, 0.25) is 0 Å². The molecule has 20 heavy (non-hydrogen) atoms. The topological polar surface area (TPSA) is 42.7 Å². The molecule has 2 aromatic heterocycles. The molecule has 2 aliphatic rings. The van der Waals surface area contributed by atoms with Gasteiger partial charge < -0.3 is 9.64 Å². The van der Waals surface area contributed by atoms with E-state index >= 15 is 0 Å². The fraction of sp³-hybridized carbons (Fsp3) is 0.571. The highest BCUT2D eigenvalue weighted by atomic mass is 79.9. The Balaban J connectivity index is 1.64. The van der Waals surface area contributed by atoms with E-state index in [9.17, 15) is 0 Å². The summed E-state index contributed by atoms with van der Waals surface area (Å²) < 4.78 is 8.78. The first-order valence-electron chi connectivity index (χ1n) is 7.11. The molecule has 1 aliphatic carbocycles. The average molecular weight is 337 g/mol. The molecular weight excluding hydrogens is 320 g/mol. The molecule has 1 aliphatic heterocycles. The van der Waals surface area contributed by atoms with Gasteiger partial charge in [0.25, 0.3) is 0 Å². The Kier molecular flexibility index (Phi) is 2.96. The Morgan fingerprint density at radius 3 is 2.95 bits per heavy atom. The van der Waals surface area contributed by atoms with Crippen LogP contribution in [0.1, 0.15) is 19.8 Å². The van der Waals surface area contributed by atoms with Crippen LogP contribution in [-0.4, -0.2) is 39.9 Å². The third-order valence-corrected chi connectivity index (χ3v) is 4.60. The highest BCUT2D eigenvalue weighted by Crippen LogP contribution is 2.37. The number of aromatic nitrogens is 3. The van der Waals surface area contributed by atoms with Crippen molar-refractivity contribution in [3.8, 4) is 0 Å². The number of halogens is 1. The quantitative estimate of drug-likeness (QED) is 0.845. The van der Waals surface area contributed by atoms with Crippen molar-refractivity contribution in [2.45, 2.75) is 32.0 Å². The number of hydrogen-bond donors (Lipinski definition) is 0. The van der Waals surface area contributed by atoms with Crippen molar-refractivity contribution in [1.29, 1.82) is 0 Å². The number of ether oxygens (including phenoxy) is 1. The third-order valence-electron chi connectivity index (χ3n) is 4.06. The van der Waals surface area contributed by atoms with Gasteiger partial charge >= 0.3 is 0 Å². The zero-order valence-electron chi connectivity index (χ0n) is 11.4. The van der Waals surface area contributed by atoms with E-state index in [2.05, 4.69) is 43.9 Å². The van der Waals surface area contributed by atoms with E-state index in [0.717, 1.165) is 35.1 Å². The molecule has 2 aromatic rings. The van der Waals surface area contributed by atoms with Crippen molar-refractivity contribution in [1.82, 2.24) is 14.6 Å². The summed E-state index contributed by atoms with van der Waals surface area (Å²) in [6.45, 7) is 3.99. The van der Waals surface area contributed by atoms with E-state index in [0.29, 0.717) is 6.10 Å². The Hall–Kier alpha value is -1.14. The molecule has 0 aromatic carbocycles. The minimum absolute atomic E-state index is 0.262. The van der Waals surface area contributed by atoms with Gasteiger partial charge in [0.1, 0.15) is 10.4 Å². The number of morpholine rings is 1. The third kappa shape index (κ3) is 2.20. The fourth-order valence-corrected chi connectivity index (χ4v) is 3.27. The van der Waals surface area contributed by atoms with Crippen molar-refractivity contribution < 1.29 is 4.74 Å². The van der Waals surface area contributed by atoms with Gasteiger partial charge in [0.05, 0.1) is 18.4 Å². The van der Waals surface area contributed by atoms with Crippen LogP contribution in [0, 0.1) is 5.92 Å². The molecule has 0 unspecified atom stereocenters. The van der Waals surface area contributed by atoms with Gasteiger partial charge in [0, 0.05) is 13.1 Å². The lowest BCUT2D eigenvalue weighted by Crippen LogP contribution is -2.48. The SMILES string of the molecule is C[C@@H]1CN(c2ccc3ncc(Br)n3n2)C[C@H](C2CC2)O1. The monoisotopic (exact) mass is 336 g/mol. The molecule has 2 atom stereocenters. The van der Waals surface area contributed by atoms with Crippen molar-refractivity contribution in [2.24, 2.45) is 5.92 Å². The molecule has 106 valence electrons. The normalized spacial score (nSPS) is 27.2. The van der Waals surface area contributed by atoms with Crippen LogP contribution in [0.4, 0.5) is 5.82 Å². The molecule has 1 saturated carbocycles. The van der Waals surface area contributed by atoms with Gasteiger partial charge in [-0.1, -0.05) is 0 Å². The van der Waals surface area contributed by atoms with E-state index in [1.807, 2.05) is 10.6 Å². The van der Waals surface area contributed by atoms with Crippen LogP contribution in [0.5, 0.6) is 0 Å². The van der Waals surface area contributed by atoms with Gasteiger partial charge in [-0.05, 0) is 53.7 Å². The maximum absolute atomic E-state index is 6.06. The van der Waals surface area contributed by atoms with Crippen LogP contribution >= 0.6 is 15.9 Å². The highest BCUT2D eigenvalue weighted by molar-refractivity contribution is 9.10. The Morgan fingerprint density at radius 2 is 2.15 bits per heavy atom. The standard InChI is InChI=1S/C14H17BrN4O/c1-9-7-18(8-11(20-9)10-2-3-10)14-5-4-13-16-6-12(15)19(13)17-14/h4-6,9-11H,2-3,7-8H2,1H3/t9-,11-/m1/s1. The molecule has 0 radical (unpaired) electrons. The summed E-state index contributed by atoms with van der Waals surface area (Å²) in [6.07, 6.45) is 5.02. The number of rotatable bonds is 2. The van der Waals surface area contributed by atoms with Crippen LogP contribution in [0.2, 0.25) is 0 Å². The van der Waals surface area contributed by atoms with Gasteiger partial charge in [0.15, 0.2) is 5.65 Å². The van der Waals surface area contributed by atoms with Crippen LogP contribution in [0.3, 0.4) is 0 Å². The number of nitrogens with zero attached hydrogens (tertiary/aromatic N) is 4. The molecular formula is C14H17BrN4O. The number of anilines is 1. The molecule has 0 spiro atoms. The predicted octanol–water partition coefficient (Wildman–Crippen LogP) is 2.50. The lowest BCUT2D eigenvalue weighted by atomic mass is 10.1. The fourth-order valence-electron chi connectivity index (χ4n) is 2.91.